The van der Waals surface area contributed by atoms with E-state index in [1.165, 1.54) is 21.1 Å². The van der Waals surface area contributed by atoms with Crippen LogP contribution in [0.1, 0.15) is 6.92 Å². The number of ether oxygens (including phenoxy) is 3. The molecule has 0 unspecified atom stereocenters. The number of hydrogen-bond donors (Lipinski definition) is 1. The van der Waals surface area contributed by atoms with Crippen molar-refractivity contribution in [1.82, 2.24) is 0 Å². The molecule has 20 heavy (non-hydrogen) atoms. The highest BCUT2D eigenvalue weighted by Gasteiger charge is 2.24. The van der Waals surface area contributed by atoms with Gasteiger partial charge in [0.05, 0.1) is 24.6 Å². The number of phenols is 1. The average Bonchev–Trinajstić information content (AvgIpc) is 2.41. The van der Waals surface area contributed by atoms with E-state index in [-0.39, 0.29) is 23.0 Å². The summed E-state index contributed by atoms with van der Waals surface area (Å²) in [6.45, 7) is 1.27. The van der Waals surface area contributed by atoms with Gasteiger partial charge in [-0.15, -0.1) is 0 Å². The van der Waals surface area contributed by atoms with Crippen LogP contribution in [0.3, 0.4) is 0 Å². The standard InChI is InChI=1S/C14H13ClO5/c1-7(16)20-12-10-8(5-4-6-9(10)15)11(17)13(18-2)14(12)19-3/h4-6,17H,1-3H3. The fourth-order valence-electron chi connectivity index (χ4n) is 2.01. The summed E-state index contributed by atoms with van der Waals surface area (Å²) in [6, 6.07) is 4.95. The minimum Gasteiger partial charge on any atom is -0.504 e. The van der Waals surface area contributed by atoms with Crippen molar-refractivity contribution in [3.63, 3.8) is 0 Å². The molecule has 6 heteroatoms. The first kappa shape index (κ1) is 14.3. The number of carbonyl (C=O) groups is 1. The van der Waals surface area contributed by atoms with Crippen LogP contribution in [-0.4, -0.2) is 25.3 Å². The number of rotatable bonds is 3. The molecule has 0 radical (unpaired) electrons. The third-order valence-electron chi connectivity index (χ3n) is 2.78. The van der Waals surface area contributed by atoms with Gasteiger partial charge in [-0.1, -0.05) is 23.7 Å². The van der Waals surface area contributed by atoms with Gasteiger partial charge in [-0.3, -0.25) is 4.79 Å². The molecule has 0 spiro atoms. The van der Waals surface area contributed by atoms with Gasteiger partial charge in [0.1, 0.15) is 0 Å². The van der Waals surface area contributed by atoms with Gasteiger partial charge in [0, 0.05) is 12.3 Å². The normalized spacial score (nSPS) is 10.4. The number of aromatic hydroxyl groups is 1. The Hall–Kier alpha value is -2.14. The van der Waals surface area contributed by atoms with Crippen molar-refractivity contribution in [2.45, 2.75) is 6.92 Å². The van der Waals surface area contributed by atoms with Gasteiger partial charge < -0.3 is 19.3 Å². The Morgan fingerprint density at radius 2 is 1.80 bits per heavy atom. The highest BCUT2D eigenvalue weighted by Crippen LogP contribution is 2.52. The van der Waals surface area contributed by atoms with Gasteiger partial charge >= 0.3 is 5.97 Å². The smallest absolute Gasteiger partial charge is 0.308 e. The first-order valence-electron chi connectivity index (χ1n) is 5.74. The van der Waals surface area contributed by atoms with Crippen molar-refractivity contribution in [2.24, 2.45) is 0 Å². The predicted molar refractivity (Wildman–Crippen MR) is 75.0 cm³/mol. The van der Waals surface area contributed by atoms with Crippen molar-refractivity contribution < 1.29 is 24.1 Å². The number of methoxy groups -OCH3 is 2. The minimum atomic E-state index is -0.530. The maximum atomic E-state index is 11.3. The molecule has 2 aromatic carbocycles. The Morgan fingerprint density at radius 1 is 1.15 bits per heavy atom. The molecule has 0 aromatic heterocycles. The number of benzene rings is 2. The number of fused-ring (bicyclic) bond motifs is 1. The van der Waals surface area contributed by atoms with Crippen molar-refractivity contribution in [3.05, 3.63) is 23.2 Å². The van der Waals surface area contributed by atoms with Crippen molar-refractivity contribution >= 4 is 28.3 Å². The number of esters is 1. The van der Waals surface area contributed by atoms with Crippen molar-refractivity contribution in [3.8, 4) is 23.0 Å². The molecule has 1 N–H and O–H groups in total. The van der Waals surface area contributed by atoms with E-state index < -0.39 is 5.97 Å². The summed E-state index contributed by atoms with van der Waals surface area (Å²) in [5.74, 6) is -0.343. The maximum absolute atomic E-state index is 11.3. The Labute approximate surface area is 120 Å². The van der Waals surface area contributed by atoms with Crippen LogP contribution < -0.4 is 14.2 Å². The minimum absolute atomic E-state index is 0.0820. The van der Waals surface area contributed by atoms with E-state index in [4.69, 9.17) is 25.8 Å². The molecule has 0 aliphatic carbocycles. The highest BCUT2D eigenvalue weighted by atomic mass is 35.5. The monoisotopic (exact) mass is 296 g/mol. The van der Waals surface area contributed by atoms with Crippen LogP contribution in [0.2, 0.25) is 5.02 Å². The average molecular weight is 297 g/mol. The molecular weight excluding hydrogens is 284 g/mol. The predicted octanol–water partition coefficient (Wildman–Crippen LogP) is 3.14. The van der Waals surface area contributed by atoms with Crippen molar-refractivity contribution in [1.29, 1.82) is 0 Å². The summed E-state index contributed by atoms with van der Waals surface area (Å²) in [5.41, 5.74) is 0. The fourth-order valence-corrected chi connectivity index (χ4v) is 2.27. The van der Waals surface area contributed by atoms with Crippen LogP contribution in [0.15, 0.2) is 18.2 Å². The zero-order chi connectivity index (χ0) is 14.9. The summed E-state index contributed by atoms with van der Waals surface area (Å²) in [7, 11) is 2.76. The van der Waals surface area contributed by atoms with Crippen LogP contribution >= 0.6 is 11.6 Å². The van der Waals surface area contributed by atoms with E-state index in [9.17, 15) is 9.90 Å². The zero-order valence-corrected chi connectivity index (χ0v) is 11.9. The third-order valence-corrected chi connectivity index (χ3v) is 3.09. The summed E-state index contributed by atoms with van der Waals surface area (Å²) < 4.78 is 15.5. The SMILES string of the molecule is COc1c(OC)c(OC(C)=O)c2c(Cl)cccc2c1O. The Kier molecular flexibility index (Phi) is 3.90. The lowest BCUT2D eigenvalue weighted by atomic mass is 10.1. The van der Waals surface area contributed by atoms with E-state index in [1.54, 1.807) is 18.2 Å². The van der Waals surface area contributed by atoms with Crippen LogP contribution in [0.4, 0.5) is 0 Å². The highest BCUT2D eigenvalue weighted by molar-refractivity contribution is 6.36. The van der Waals surface area contributed by atoms with Gasteiger partial charge in [-0.2, -0.15) is 0 Å². The maximum Gasteiger partial charge on any atom is 0.308 e. The molecule has 2 aromatic rings. The molecule has 0 bridgehead atoms. The zero-order valence-electron chi connectivity index (χ0n) is 11.2. The molecule has 0 heterocycles. The van der Waals surface area contributed by atoms with E-state index in [0.717, 1.165) is 0 Å². The first-order chi connectivity index (χ1) is 9.51. The van der Waals surface area contributed by atoms with E-state index in [0.29, 0.717) is 15.8 Å². The van der Waals surface area contributed by atoms with Gasteiger partial charge in [0.15, 0.2) is 11.5 Å². The largest absolute Gasteiger partial charge is 0.504 e. The quantitative estimate of drug-likeness (QED) is 0.696. The Balaban J connectivity index is 2.96. The lowest BCUT2D eigenvalue weighted by Crippen LogP contribution is -2.05. The molecular formula is C14H13ClO5. The molecule has 106 valence electrons. The summed E-state index contributed by atoms with van der Waals surface area (Å²) >= 11 is 6.14. The molecule has 2 rings (SSSR count). The number of carbonyl (C=O) groups excluding carboxylic acids is 1. The third kappa shape index (κ3) is 2.20. The van der Waals surface area contributed by atoms with Crippen LogP contribution in [0.25, 0.3) is 10.8 Å². The molecule has 0 saturated heterocycles. The van der Waals surface area contributed by atoms with Gasteiger partial charge in [-0.25, -0.2) is 0 Å². The lowest BCUT2D eigenvalue weighted by Gasteiger charge is -2.17. The fraction of sp³-hybridized carbons (Fsp3) is 0.214. The van der Waals surface area contributed by atoms with E-state index in [1.807, 2.05) is 0 Å². The first-order valence-corrected chi connectivity index (χ1v) is 6.12. The van der Waals surface area contributed by atoms with E-state index >= 15 is 0 Å². The van der Waals surface area contributed by atoms with Crippen LogP contribution in [0, 0.1) is 0 Å². The molecule has 0 aliphatic rings. The molecule has 0 fully saturated rings. The second-order valence-corrected chi connectivity index (χ2v) is 4.41. The van der Waals surface area contributed by atoms with Gasteiger partial charge in [0.25, 0.3) is 0 Å². The van der Waals surface area contributed by atoms with Crippen LogP contribution in [-0.2, 0) is 4.79 Å². The molecule has 0 atom stereocenters. The molecule has 0 saturated carbocycles. The number of halogens is 1. The Morgan fingerprint density at radius 3 is 2.35 bits per heavy atom. The topological polar surface area (TPSA) is 65.0 Å². The second-order valence-electron chi connectivity index (χ2n) is 4.00. The van der Waals surface area contributed by atoms with Crippen LogP contribution in [0.5, 0.6) is 23.0 Å². The molecule has 0 aliphatic heterocycles. The van der Waals surface area contributed by atoms with E-state index in [2.05, 4.69) is 0 Å². The summed E-state index contributed by atoms with van der Waals surface area (Å²) in [6.07, 6.45) is 0. The lowest BCUT2D eigenvalue weighted by molar-refractivity contribution is -0.131. The summed E-state index contributed by atoms with van der Waals surface area (Å²) in [4.78, 5) is 11.3. The van der Waals surface area contributed by atoms with Gasteiger partial charge in [-0.05, 0) is 6.07 Å². The van der Waals surface area contributed by atoms with Gasteiger partial charge in [0.2, 0.25) is 11.5 Å². The summed E-state index contributed by atoms with van der Waals surface area (Å²) in [5, 5.41) is 11.4. The number of phenolic OH excluding ortho intramolecular Hbond substituents is 1. The molecule has 5 nitrogen and oxygen atoms in total. The second kappa shape index (κ2) is 5.46. The molecule has 0 amide bonds. The van der Waals surface area contributed by atoms with Crippen molar-refractivity contribution in [2.75, 3.05) is 14.2 Å². The number of hydrogen-bond acceptors (Lipinski definition) is 5. The Bertz CT molecular complexity index is 681.